The van der Waals surface area contributed by atoms with Gasteiger partial charge < -0.3 is 9.32 Å². The molecule has 1 aliphatic heterocycles. The maximum absolute atomic E-state index is 10.6. The fourth-order valence-corrected chi connectivity index (χ4v) is 1.70. The smallest absolute Gasteiger partial charge is 0.210 e. The summed E-state index contributed by atoms with van der Waals surface area (Å²) < 4.78 is 5.25. The maximum Gasteiger partial charge on any atom is 0.210 e. The first-order chi connectivity index (χ1) is 5.92. The van der Waals surface area contributed by atoms with E-state index in [9.17, 15) is 4.79 Å². The Labute approximate surface area is 71.0 Å². The van der Waals surface area contributed by atoms with Crippen molar-refractivity contribution in [1.29, 1.82) is 0 Å². The predicted molar refractivity (Wildman–Crippen MR) is 43.5 cm³/mol. The summed E-state index contributed by atoms with van der Waals surface area (Å²) in [5, 5.41) is 0. The number of hydrogen-bond acceptors (Lipinski definition) is 2. The highest BCUT2D eigenvalue weighted by Crippen LogP contribution is 2.30. The largest absolute Gasteiger partial charge is 0.467 e. The predicted octanol–water partition coefficient (Wildman–Crippen LogP) is 1.57. The molecular weight excluding hydrogens is 154 g/mol. The highest BCUT2D eigenvalue weighted by Gasteiger charge is 2.26. The molecule has 3 heteroatoms. The molecule has 1 fully saturated rings. The summed E-state index contributed by atoms with van der Waals surface area (Å²) in [7, 11) is 0. The SMILES string of the molecule is O=CN1CCCC1c1ccco1. The Morgan fingerprint density at radius 1 is 1.67 bits per heavy atom. The Morgan fingerprint density at radius 3 is 3.25 bits per heavy atom. The van der Waals surface area contributed by atoms with Crippen LogP contribution in [0.25, 0.3) is 0 Å². The van der Waals surface area contributed by atoms with Gasteiger partial charge in [-0.05, 0) is 25.0 Å². The quantitative estimate of drug-likeness (QED) is 0.623. The second-order valence-electron chi connectivity index (χ2n) is 3.02. The molecule has 0 radical (unpaired) electrons. The number of furan rings is 1. The first-order valence-corrected chi connectivity index (χ1v) is 4.16. The van der Waals surface area contributed by atoms with Gasteiger partial charge in [-0.2, -0.15) is 0 Å². The van der Waals surface area contributed by atoms with Crippen LogP contribution in [0.1, 0.15) is 24.6 Å². The second-order valence-corrected chi connectivity index (χ2v) is 3.02. The Morgan fingerprint density at radius 2 is 2.58 bits per heavy atom. The van der Waals surface area contributed by atoms with Crippen LogP contribution in [0.5, 0.6) is 0 Å². The lowest BCUT2D eigenvalue weighted by atomic mass is 10.2. The minimum Gasteiger partial charge on any atom is -0.467 e. The van der Waals surface area contributed by atoms with Gasteiger partial charge in [0, 0.05) is 6.54 Å². The van der Waals surface area contributed by atoms with Crippen LogP contribution in [0, 0.1) is 0 Å². The molecule has 2 heterocycles. The number of likely N-dealkylation sites (tertiary alicyclic amines) is 1. The molecule has 12 heavy (non-hydrogen) atoms. The molecule has 0 saturated carbocycles. The summed E-state index contributed by atoms with van der Waals surface area (Å²) in [4.78, 5) is 12.4. The highest BCUT2D eigenvalue weighted by atomic mass is 16.3. The lowest BCUT2D eigenvalue weighted by Gasteiger charge is -2.16. The summed E-state index contributed by atoms with van der Waals surface area (Å²) in [5.74, 6) is 0.902. The van der Waals surface area contributed by atoms with Crippen molar-refractivity contribution in [2.75, 3.05) is 6.54 Å². The molecule has 1 saturated heterocycles. The van der Waals surface area contributed by atoms with Gasteiger partial charge in [0.05, 0.1) is 12.3 Å². The minimum absolute atomic E-state index is 0.178. The molecule has 1 aromatic heterocycles. The fraction of sp³-hybridized carbons (Fsp3) is 0.444. The molecular formula is C9H11NO2. The van der Waals surface area contributed by atoms with Crippen LogP contribution in [0.3, 0.4) is 0 Å². The molecule has 0 spiro atoms. The van der Waals surface area contributed by atoms with Crippen LogP contribution in [0.4, 0.5) is 0 Å². The van der Waals surface area contributed by atoms with Crippen LogP contribution in [0.2, 0.25) is 0 Å². The summed E-state index contributed by atoms with van der Waals surface area (Å²) in [5.41, 5.74) is 0. The fourth-order valence-electron chi connectivity index (χ4n) is 1.70. The normalized spacial score (nSPS) is 23.0. The molecule has 1 aromatic rings. The van der Waals surface area contributed by atoms with Crippen molar-refractivity contribution in [2.45, 2.75) is 18.9 Å². The van der Waals surface area contributed by atoms with Crippen molar-refractivity contribution in [3.05, 3.63) is 24.2 Å². The van der Waals surface area contributed by atoms with Crippen LogP contribution in [-0.2, 0) is 4.79 Å². The van der Waals surface area contributed by atoms with Crippen molar-refractivity contribution < 1.29 is 9.21 Å². The molecule has 1 unspecified atom stereocenters. The van der Waals surface area contributed by atoms with Crippen LogP contribution in [-0.4, -0.2) is 17.9 Å². The van der Waals surface area contributed by atoms with E-state index < -0.39 is 0 Å². The Bertz CT molecular complexity index is 256. The monoisotopic (exact) mass is 165 g/mol. The van der Waals surface area contributed by atoms with E-state index in [1.807, 2.05) is 12.1 Å². The van der Waals surface area contributed by atoms with Gasteiger partial charge in [0.2, 0.25) is 6.41 Å². The molecule has 0 N–H and O–H groups in total. The van der Waals surface area contributed by atoms with Crippen molar-refractivity contribution in [3.63, 3.8) is 0 Å². The molecule has 64 valence electrons. The molecule has 0 aromatic carbocycles. The average molecular weight is 165 g/mol. The first kappa shape index (κ1) is 7.40. The number of rotatable bonds is 2. The van der Waals surface area contributed by atoms with Gasteiger partial charge in [0.15, 0.2) is 0 Å². The molecule has 1 amide bonds. The van der Waals surface area contributed by atoms with Crippen LogP contribution < -0.4 is 0 Å². The third kappa shape index (κ3) is 1.11. The summed E-state index contributed by atoms with van der Waals surface area (Å²) >= 11 is 0. The van der Waals surface area contributed by atoms with E-state index in [0.29, 0.717) is 0 Å². The third-order valence-corrected chi connectivity index (χ3v) is 2.30. The third-order valence-electron chi connectivity index (χ3n) is 2.30. The number of amides is 1. The number of carbonyl (C=O) groups is 1. The Balaban J connectivity index is 2.18. The number of nitrogens with zero attached hydrogens (tertiary/aromatic N) is 1. The van der Waals surface area contributed by atoms with Gasteiger partial charge >= 0.3 is 0 Å². The summed E-state index contributed by atoms with van der Waals surface area (Å²) in [6.07, 6.45) is 4.65. The van der Waals surface area contributed by atoms with Crippen molar-refractivity contribution in [2.24, 2.45) is 0 Å². The zero-order chi connectivity index (χ0) is 8.39. The van der Waals surface area contributed by atoms with Gasteiger partial charge in [0.1, 0.15) is 5.76 Å². The number of hydrogen-bond donors (Lipinski definition) is 0. The topological polar surface area (TPSA) is 33.5 Å². The molecule has 0 aliphatic carbocycles. The molecule has 1 atom stereocenters. The maximum atomic E-state index is 10.6. The van der Waals surface area contributed by atoms with Gasteiger partial charge in [-0.3, -0.25) is 4.79 Å². The van der Waals surface area contributed by atoms with E-state index in [0.717, 1.165) is 31.6 Å². The molecule has 2 rings (SSSR count). The highest BCUT2D eigenvalue weighted by molar-refractivity contribution is 5.49. The van der Waals surface area contributed by atoms with E-state index in [1.54, 1.807) is 11.2 Å². The van der Waals surface area contributed by atoms with Gasteiger partial charge in [0.25, 0.3) is 0 Å². The van der Waals surface area contributed by atoms with Crippen LogP contribution >= 0.6 is 0 Å². The zero-order valence-electron chi connectivity index (χ0n) is 6.77. The van der Waals surface area contributed by atoms with Crippen molar-refractivity contribution in [1.82, 2.24) is 4.90 Å². The van der Waals surface area contributed by atoms with Gasteiger partial charge in [-0.25, -0.2) is 0 Å². The first-order valence-electron chi connectivity index (χ1n) is 4.16. The van der Waals surface area contributed by atoms with E-state index in [-0.39, 0.29) is 6.04 Å². The second kappa shape index (κ2) is 3.01. The van der Waals surface area contributed by atoms with Gasteiger partial charge in [-0.1, -0.05) is 0 Å². The number of carbonyl (C=O) groups excluding carboxylic acids is 1. The van der Waals surface area contributed by atoms with E-state index >= 15 is 0 Å². The van der Waals surface area contributed by atoms with Crippen LogP contribution in [0.15, 0.2) is 22.8 Å². The zero-order valence-corrected chi connectivity index (χ0v) is 6.77. The summed E-state index contributed by atoms with van der Waals surface area (Å²) in [6.45, 7) is 0.856. The summed E-state index contributed by atoms with van der Waals surface area (Å²) in [6, 6.07) is 3.96. The minimum atomic E-state index is 0.178. The molecule has 3 nitrogen and oxygen atoms in total. The lowest BCUT2D eigenvalue weighted by Crippen LogP contribution is -2.20. The Kier molecular flexibility index (Phi) is 1.86. The van der Waals surface area contributed by atoms with Crippen molar-refractivity contribution >= 4 is 6.41 Å². The standard InChI is InChI=1S/C9H11NO2/c11-7-10-5-1-3-8(10)9-4-2-6-12-9/h2,4,6-8H,1,3,5H2. The van der Waals surface area contributed by atoms with E-state index in [2.05, 4.69) is 0 Å². The molecule has 1 aliphatic rings. The Hall–Kier alpha value is -1.25. The lowest BCUT2D eigenvalue weighted by molar-refractivity contribution is -0.119. The van der Waals surface area contributed by atoms with E-state index in [1.165, 1.54) is 0 Å². The molecule has 0 bridgehead atoms. The average Bonchev–Trinajstić information content (AvgIpc) is 2.74. The van der Waals surface area contributed by atoms with E-state index in [4.69, 9.17) is 4.42 Å². The van der Waals surface area contributed by atoms with Gasteiger partial charge in [-0.15, -0.1) is 0 Å². The van der Waals surface area contributed by atoms with Crippen molar-refractivity contribution in [3.8, 4) is 0 Å².